The van der Waals surface area contributed by atoms with Crippen LogP contribution in [0.5, 0.6) is 0 Å². The Hall–Kier alpha value is -3.28. The van der Waals surface area contributed by atoms with Crippen molar-refractivity contribution in [2.75, 3.05) is 5.43 Å². The van der Waals surface area contributed by atoms with Gasteiger partial charge in [-0.1, -0.05) is 24.3 Å². The number of hydrogen-bond donors (Lipinski definition) is 1. The second kappa shape index (κ2) is 6.45. The van der Waals surface area contributed by atoms with E-state index in [2.05, 4.69) is 21.6 Å². The third kappa shape index (κ3) is 3.38. The molecular formula is C18H16N4O2. The van der Waals surface area contributed by atoms with Crippen LogP contribution >= 0.6 is 0 Å². The number of nitro groups is 1. The molecule has 120 valence electrons. The molecule has 3 aromatic rings. The Morgan fingerprint density at radius 3 is 2.79 bits per heavy atom. The molecule has 0 aliphatic carbocycles. The molecule has 2 aromatic carbocycles. The largest absolute Gasteiger partial charge is 0.270 e. The molecule has 24 heavy (non-hydrogen) atoms. The first-order valence-electron chi connectivity index (χ1n) is 7.44. The summed E-state index contributed by atoms with van der Waals surface area (Å²) in [5.41, 5.74) is 6.61. The summed E-state index contributed by atoms with van der Waals surface area (Å²) in [4.78, 5) is 14.9. The summed E-state index contributed by atoms with van der Waals surface area (Å²) >= 11 is 0. The normalized spacial score (nSPS) is 11.1. The number of nitrogens with one attached hydrogen (secondary N) is 1. The molecule has 0 unspecified atom stereocenters. The van der Waals surface area contributed by atoms with Crippen molar-refractivity contribution in [3.8, 4) is 0 Å². The lowest BCUT2D eigenvalue weighted by atomic mass is 10.1. The van der Waals surface area contributed by atoms with E-state index in [9.17, 15) is 10.1 Å². The third-order valence-electron chi connectivity index (χ3n) is 3.63. The summed E-state index contributed by atoms with van der Waals surface area (Å²) in [5.74, 6) is 0.662. The summed E-state index contributed by atoms with van der Waals surface area (Å²) in [5, 5.41) is 16.0. The quantitative estimate of drug-likeness (QED) is 0.443. The van der Waals surface area contributed by atoms with Gasteiger partial charge in [0.25, 0.3) is 5.69 Å². The Morgan fingerprint density at radius 1 is 1.17 bits per heavy atom. The van der Waals surface area contributed by atoms with Crippen LogP contribution in [0.3, 0.4) is 0 Å². The molecule has 1 heterocycles. The minimum atomic E-state index is -0.428. The van der Waals surface area contributed by atoms with E-state index >= 15 is 0 Å². The molecule has 6 heteroatoms. The van der Waals surface area contributed by atoms with Crippen LogP contribution < -0.4 is 5.43 Å². The van der Waals surface area contributed by atoms with Crippen molar-refractivity contribution in [2.45, 2.75) is 13.8 Å². The molecule has 0 amide bonds. The molecule has 0 atom stereocenters. The van der Waals surface area contributed by atoms with Gasteiger partial charge in [-0.2, -0.15) is 5.10 Å². The summed E-state index contributed by atoms with van der Waals surface area (Å²) in [6, 6.07) is 14.5. The summed E-state index contributed by atoms with van der Waals surface area (Å²) in [7, 11) is 0. The average Bonchev–Trinajstić information content (AvgIpc) is 2.56. The van der Waals surface area contributed by atoms with E-state index in [0.717, 1.165) is 22.0 Å². The molecule has 0 aliphatic rings. The summed E-state index contributed by atoms with van der Waals surface area (Å²) in [6.07, 6.45) is 1.54. The topological polar surface area (TPSA) is 80.4 Å². The zero-order chi connectivity index (χ0) is 17.1. The van der Waals surface area contributed by atoms with E-state index < -0.39 is 4.92 Å². The number of nitrogens with zero attached hydrogens (tertiary/aromatic N) is 3. The van der Waals surface area contributed by atoms with Crippen molar-refractivity contribution in [3.63, 3.8) is 0 Å². The highest BCUT2D eigenvalue weighted by atomic mass is 16.6. The monoisotopic (exact) mass is 320 g/mol. The Labute approximate surface area is 139 Å². The van der Waals surface area contributed by atoms with Crippen LogP contribution in [0.1, 0.15) is 16.7 Å². The van der Waals surface area contributed by atoms with Gasteiger partial charge in [0.05, 0.1) is 16.7 Å². The molecule has 0 radical (unpaired) electrons. The predicted octanol–water partition coefficient (Wildman–Crippen LogP) is 4.21. The van der Waals surface area contributed by atoms with E-state index in [1.54, 1.807) is 12.1 Å². The lowest BCUT2D eigenvalue weighted by Crippen LogP contribution is -1.97. The van der Waals surface area contributed by atoms with Crippen molar-refractivity contribution in [3.05, 3.63) is 75.3 Å². The van der Waals surface area contributed by atoms with Crippen LogP contribution in [0.2, 0.25) is 0 Å². The van der Waals surface area contributed by atoms with Crippen LogP contribution in [0, 0.1) is 24.0 Å². The van der Waals surface area contributed by atoms with Gasteiger partial charge >= 0.3 is 0 Å². The highest BCUT2D eigenvalue weighted by Gasteiger charge is 2.05. The van der Waals surface area contributed by atoms with E-state index in [0.29, 0.717) is 11.4 Å². The van der Waals surface area contributed by atoms with Crippen molar-refractivity contribution in [1.82, 2.24) is 4.98 Å². The first kappa shape index (κ1) is 15.6. The van der Waals surface area contributed by atoms with E-state index in [4.69, 9.17) is 0 Å². The van der Waals surface area contributed by atoms with Crippen LogP contribution in [-0.4, -0.2) is 16.1 Å². The maximum atomic E-state index is 10.8. The highest BCUT2D eigenvalue weighted by molar-refractivity contribution is 5.83. The minimum absolute atomic E-state index is 0.0365. The SMILES string of the molecule is Cc1ccc2cc(C)c(N/N=C/c3cccc([N+](=O)[O-])c3)nc2c1. The van der Waals surface area contributed by atoms with Gasteiger partial charge in [0.1, 0.15) is 5.82 Å². The van der Waals surface area contributed by atoms with Crippen LogP contribution in [0.15, 0.2) is 53.6 Å². The fraction of sp³-hybridized carbons (Fsp3) is 0.111. The lowest BCUT2D eigenvalue weighted by molar-refractivity contribution is -0.384. The number of rotatable bonds is 4. The smallest absolute Gasteiger partial charge is 0.261 e. The van der Waals surface area contributed by atoms with Crippen molar-refractivity contribution >= 4 is 28.6 Å². The molecule has 0 saturated heterocycles. The number of benzene rings is 2. The van der Waals surface area contributed by atoms with Gasteiger partial charge in [-0.15, -0.1) is 0 Å². The van der Waals surface area contributed by atoms with Gasteiger partial charge in [-0.3, -0.25) is 15.5 Å². The summed E-state index contributed by atoms with van der Waals surface area (Å²) < 4.78 is 0. The van der Waals surface area contributed by atoms with Gasteiger partial charge < -0.3 is 0 Å². The Balaban J connectivity index is 1.83. The number of non-ortho nitro benzene ring substituents is 1. The van der Waals surface area contributed by atoms with E-state index in [1.165, 1.54) is 18.3 Å². The number of aryl methyl sites for hydroxylation is 2. The zero-order valence-electron chi connectivity index (χ0n) is 13.4. The van der Waals surface area contributed by atoms with Crippen molar-refractivity contribution < 1.29 is 4.92 Å². The molecule has 0 saturated carbocycles. The maximum Gasteiger partial charge on any atom is 0.270 e. The number of hydrazone groups is 1. The standard InChI is InChI=1S/C18H16N4O2/c1-12-6-7-15-9-13(2)18(20-17(15)8-12)21-19-11-14-4-3-5-16(10-14)22(23)24/h3-11H,1-2H3,(H,20,21)/b19-11+. The number of fused-ring (bicyclic) bond motifs is 1. The highest BCUT2D eigenvalue weighted by Crippen LogP contribution is 2.21. The van der Waals surface area contributed by atoms with Gasteiger partial charge in [0.2, 0.25) is 0 Å². The fourth-order valence-electron chi connectivity index (χ4n) is 2.38. The lowest BCUT2D eigenvalue weighted by Gasteiger charge is -2.07. The van der Waals surface area contributed by atoms with Crippen molar-refractivity contribution in [2.24, 2.45) is 5.10 Å². The van der Waals surface area contributed by atoms with Crippen LogP contribution in [0.25, 0.3) is 10.9 Å². The average molecular weight is 320 g/mol. The molecule has 3 rings (SSSR count). The Bertz CT molecular complexity index is 951. The number of aromatic nitrogens is 1. The van der Waals surface area contributed by atoms with Gasteiger partial charge in [-0.05, 0) is 37.1 Å². The first-order chi connectivity index (χ1) is 11.5. The first-order valence-corrected chi connectivity index (χ1v) is 7.44. The van der Waals surface area contributed by atoms with E-state index in [1.807, 2.05) is 32.0 Å². The second-order valence-electron chi connectivity index (χ2n) is 5.57. The van der Waals surface area contributed by atoms with Gasteiger partial charge in [-0.25, -0.2) is 4.98 Å². The van der Waals surface area contributed by atoms with Gasteiger partial charge in [0, 0.05) is 23.1 Å². The zero-order valence-corrected chi connectivity index (χ0v) is 13.4. The van der Waals surface area contributed by atoms with Crippen LogP contribution in [0.4, 0.5) is 11.5 Å². The molecule has 0 bridgehead atoms. The van der Waals surface area contributed by atoms with Gasteiger partial charge in [0.15, 0.2) is 0 Å². The maximum absolute atomic E-state index is 10.8. The molecular weight excluding hydrogens is 304 g/mol. The van der Waals surface area contributed by atoms with Crippen molar-refractivity contribution in [1.29, 1.82) is 0 Å². The molecule has 1 aromatic heterocycles. The number of hydrogen-bond acceptors (Lipinski definition) is 5. The predicted molar refractivity (Wildman–Crippen MR) is 95.5 cm³/mol. The molecule has 6 nitrogen and oxygen atoms in total. The molecule has 0 fully saturated rings. The van der Waals surface area contributed by atoms with Crippen LogP contribution in [-0.2, 0) is 0 Å². The number of nitro benzene ring substituents is 1. The van der Waals surface area contributed by atoms with E-state index in [-0.39, 0.29) is 5.69 Å². The third-order valence-corrected chi connectivity index (χ3v) is 3.63. The Morgan fingerprint density at radius 2 is 2.00 bits per heavy atom. The number of pyridine rings is 1. The molecule has 0 spiro atoms. The number of anilines is 1. The molecule has 1 N–H and O–H groups in total. The second-order valence-corrected chi connectivity index (χ2v) is 5.57. The molecule has 0 aliphatic heterocycles. The fourth-order valence-corrected chi connectivity index (χ4v) is 2.38. The summed E-state index contributed by atoms with van der Waals surface area (Å²) in [6.45, 7) is 3.98. The Kier molecular flexibility index (Phi) is 4.20. The minimum Gasteiger partial charge on any atom is -0.261 e.